The number of rotatable bonds is 5. The highest BCUT2D eigenvalue weighted by Gasteiger charge is 2.57. The fourth-order valence-corrected chi connectivity index (χ4v) is 7.23. The van der Waals surface area contributed by atoms with Gasteiger partial charge in [0.15, 0.2) is 6.17 Å². The highest BCUT2D eigenvalue weighted by Crippen LogP contribution is 2.53. The van der Waals surface area contributed by atoms with E-state index in [1.165, 1.54) is 21.0 Å². The van der Waals surface area contributed by atoms with Crippen LogP contribution in [0.3, 0.4) is 0 Å². The zero-order chi connectivity index (χ0) is 28.3. The van der Waals surface area contributed by atoms with E-state index in [4.69, 9.17) is 15.0 Å². The Morgan fingerprint density at radius 2 is 1.33 bits per heavy atom. The number of hydrazine groups is 1. The van der Waals surface area contributed by atoms with E-state index in [0.29, 0.717) is 0 Å². The molecule has 0 saturated carbocycles. The molecular weight excluding hydrogens is 547 g/mol. The van der Waals surface area contributed by atoms with Crippen molar-refractivity contribution in [2.75, 3.05) is 0 Å². The number of amidine groups is 1. The lowest BCUT2D eigenvalue weighted by Gasteiger charge is -2.12. The lowest BCUT2D eigenvalue weighted by molar-refractivity contribution is 0.335. The zero-order valence-electron chi connectivity index (χ0n) is 23.1. The lowest BCUT2D eigenvalue weighted by atomic mass is 10.0. The smallest absolute Gasteiger partial charge is 0.166 e. The first kappa shape index (κ1) is 24.4. The van der Waals surface area contributed by atoms with Crippen LogP contribution >= 0.6 is 11.3 Å². The molecule has 43 heavy (non-hydrogen) atoms. The monoisotopic (exact) mass is 571 g/mol. The summed E-state index contributed by atoms with van der Waals surface area (Å²) in [5, 5.41) is 8.07. The van der Waals surface area contributed by atoms with Gasteiger partial charge in [-0.3, -0.25) is 5.01 Å². The van der Waals surface area contributed by atoms with Crippen molar-refractivity contribution in [1.82, 2.24) is 20.0 Å². The van der Waals surface area contributed by atoms with Crippen molar-refractivity contribution in [1.29, 1.82) is 0 Å². The predicted octanol–water partition coefficient (Wildman–Crippen LogP) is 8.87. The van der Waals surface area contributed by atoms with Crippen molar-refractivity contribution in [2.45, 2.75) is 12.3 Å². The summed E-state index contributed by atoms with van der Waals surface area (Å²) in [7, 11) is 0. The van der Waals surface area contributed by atoms with Crippen molar-refractivity contribution in [3.63, 3.8) is 0 Å². The van der Waals surface area contributed by atoms with Gasteiger partial charge in [-0.2, -0.15) is 5.01 Å². The summed E-state index contributed by atoms with van der Waals surface area (Å²) in [6.07, 6.45) is -0.0501. The predicted molar refractivity (Wildman–Crippen MR) is 174 cm³/mol. The summed E-state index contributed by atoms with van der Waals surface area (Å²) in [4.78, 5) is 15.4. The Hall–Kier alpha value is -5.17. The molecule has 5 aromatic carbocycles. The molecule has 2 aliphatic rings. The fraction of sp³-hybridized carbons (Fsp3) is 0.0541. The minimum absolute atomic E-state index is 0.142. The Morgan fingerprint density at radius 1 is 0.605 bits per heavy atom. The molecule has 204 valence electrons. The first-order valence-electron chi connectivity index (χ1n) is 14.4. The topological polar surface area (TPSA) is 44.2 Å². The summed E-state index contributed by atoms with van der Waals surface area (Å²) in [5.74, 6) is 0.985. The highest BCUT2D eigenvalue weighted by atomic mass is 32.1. The van der Waals surface area contributed by atoms with Crippen molar-refractivity contribution >= 4 is 38.2 Å². The van der Waals surface area contributed by atoms with Gasteiger partial charge >= 0.3 is 0 Å². The number of hydrogen-bond acceptors (Lipinski definition) is 6. The maximum Gasteiger partial charge on any atom is 0.166 e. The van der Waals surface area contributed by atoms with E-state index in [9.17, 15) is 0 Å². The molecule has 5 nitrogen and oxygen atoms in total. The van der Waals surface area contributed by atoms with Crippen molar-refractivity contribution < 1.29 is 0 Å². The lowest BCUT2D eigenvalue weighted by Crippen LogP contribution is -2.11. The summed E-state index contributed by atoms with van der Waals surface area (Å²) in [5.41, 5.74) is 7.51. The van der Waals surface area contributed by atoms with Crippen LogP contribution in [0.5, 0.6) is 0 Å². The van der Waals surface area contributed by atoms with Gasteiger partial charge < -0.3 is 0 Å². The van der Waals surface area contributed by atoms with E-state index < -0.39 is 0 Å². The fourth-order valence-electron chi connectivity index (χ4n) is 6.13. The Bertz CT molecular complexity index is 2160. The van der Waals surface area contributed by atoms with Gasteiger partial charge in [0.25, 0.3) is 0 Å². The second-order valence-corrected chi connectivity index (χ2v) is 11.9. The second kappa shape index (κ2) is 9.70. The van der Waals surface area contributed by atoms with Gasteiger partial charge in [-0.25, -0.2) is 15.0 Å². The number of fused-ring (bicyclic) bond motifs is 4. The van der Waals surface area contributed by atoms with Crippen LogP contribution in [-0.2, 0) is 0 Å². The second-order valence-electron chi connectivity index (χ2n) is 10.9. The van der Waals surface area contributed by atoms with Gasteiger partial charge in [-0.05, 0) is 35.2 Å². The molecule has 1 fully saturated rings. The summed E-state index contributed by atoms with van der Waals surface area (Å²) < 4.78 is 1.20. The highest BCUT2D eigenvalue weighted by molar-refractivity contribution is 7.22. The SMILES string of the molecule is c1ccc(C2=NC(c3cccc(-c4ccc5ccc6nc(-c7ccccc7)sc6c5c4)n3)N3C(c4ccccc4)N23)cc1. The minimum Gasteiger partial charge on any atom is -0.260 e. The van der Waals surface area contributed by atoms with Crippen molar-refractivity contribution in [2.24, 2.45) is 4.99 Å². The molecule has 2 aromatic heterocycles. The third-order valence-electron chi connectivity index (χ3n) is 8.24. The van der Waals surface area contributed by atoms with Crippen LogP contribution in [0.2, 0.25) is 0 Å². The average Bonchev–Trinajstić information content (AvgIpc) is 3.43. The van der Waals surface area contributed by atoms with Crippen LogP contribution in [0, 0.1) is 0 Å². The number of benzene rings is 5. The van der Waals surface area contributed by atoms with Gasteiger partial charge in [-0.1, -0.05) is 115 Å². The molecule has 4 heterocycles. The molecule has 0 N–H and O–H groups in total. The maximum atomic E-state index is 5.21. The van der Waals surface area contributed by atoms with Crippen LogP contribution < -0.4 is 0 Å². The molecule has 1 saturated heterocycles. The molecule has 2 aliphatic heterocycles. The third kappa shape index (κ3) is 4.07. The average molecular weight is 572 g/mol. The molecule has 0 radical (unpaired) electrons. The van der Waals surface area contributed by atoms with Crippen LogP contribution in [0.15, 0.2) is 145 Å². The van der Waals surface area contributed by atoms with E-state index in [1.54, 1.807) is 11.3 Å². The minimum atomic E-state index is -0.192. The normalized spacial score (nSPS) is 19.0. The van der Waals surface area contributed by atoms with Gasteiger partial charge in [-0.15, -0.1) is 11.3 Å². The third-order valence-corrected chi connectivity index (χ3v) is 9.40. The molecule has 3 atom stereocenters. The van der Waals surface area contributed by atoms with Crippen LogP contribution in [0.1, 0.15) is 29.2 Å². The van der Waals surface area contributed by atoms with E-state index in [1.807, 2.05) is 12.1 Å². The van der Waals surface area contributed by atoms with Crippen LogP contribution in [0.4, 0.5) is 0 Å². The number of pyridine rings is 1. The molecule has 6 heteroatoms. The summed E-state index contributed by atoms with van der Waals surface area (Å²) in [6, 6.07) is 48.7. The van der Waals surface area contributed by atoms with Crippen LogP contribution in [-0.4, -0.2) is 25.8 Å². The Kier molecular flexibility index (Phi) is 5.51. The van der Waals surface area contributed by atoms with Gasteiger partial charge in [0.1, 0.15) is 17.0 Å². The Morgan fingerprint density at radius 3 is 2.12 bits per heavy atom. The maximum absolute atomic E-state index is 5.21. The molecule has 0 bridgehead atoms. The van der Waals surface area contributed by atoms with Crippen molar-refractivity contribution in [3.8, 4) is 21.8 Å². The largest absolute Gasteiger partial charge is 0.260 e. The Balaban J connectivity index is 1.11. The quantitative estimate of drug-likeness (QED) is 0.194. The molecule has 9 rings (SSSR count). The first-order chi connectivity index (χ1) is 21.3. The molecule has 0 spiro atoms. The number of hydrogen-bond donors (Lipinski definition) is 0. The number of thiazole rings is 1. The van der Waals surface area contributed by atoms with E-state index in [0.717, 1.165) is 44.4 Å². The Labute approximate surface area is 253 Å². The molecular formula is C37H25N5S. The molecule has 0 aliphatic carbocycles. The standard InChI is InChI=1S/C37H25N5S/c1-4-11-25(12-5-1)34-40-35(42-37(41(34)42)27-15-8-3-9-16-27)32-18-10-17-30(38-32)28-20-19-24-21-22-31-33(29(24)23-28)43-36(39-31)26-13-6-2-7-14-26/h1-23,35,37H. The molecule has 3 unspecified atom stereocenters. The number of aromatic nitrogens is 2. The van der Waals surface area contributed by atoms with Gasteiger partial charge in [0, 0.05) is 22.1 Å². The number of nitrogens with zero attached hydrogens (tertiary/aromatic N) is 5. The molecule has 0 amide bonds. The van der Waals surface area contributed by atoms with Gasteiger partial charge in [0.05, 0.1) is 21.6 Å². The van der Waals surface area contributed by atoms with E-state index >= 15 is 0 Å². The zero-order valence-corrected chi connectivity index (χ0v) is 23.9. The van der Waals surface area contributed by atoms with Gasteiger partial charge in [0.2, 0.25) is 0 Å². The van der Waals surface area contributed by atoms with E-state index in [2.05, 4.69) is 137 Å². The van der Waals surface area contributed by atoms with E-state index in [-0.39, 0.29) is 12.3 Å². The first-order valence-corrected chi connectivity index (χ1v) is 15.3. The summed E-state index contributed by atoms with van der Waals surface area (Å²) in [6.45, 7) is 0. The van der Waals surface area contributed by atoms with Crippen molar-refractivity contribution in [3.05, 3.63) is 156 Å². The number of aliphatic imine (C=N–C) groups is 1. The van der Waals surface area contributed by atoms with Crippen LogP contribution in [0.25, 0.3) is 42.8 Å². The molecule has 7 aromatic rings. The summed E-state index contributed by atoms with van der Waals surface area (Å²) >= 11 is 1.75.